The summed E-state index contributed by atoms with van der Waals surface area (Å²) < 4.78 is 0. The van der Waals surface area contributed by atoms with Crippen molar-refractivity contribution in [3.05, 3.63) is 51.2 Å². The predicted octanol–water partition coefficient (Wildman–Crippen LogP) is 6.24. The molecule has 2 nitrogen and oxygen atoms in total. The number of hydrogen-bond acceptors (Lipinski definition) is 2. The molecule has 24 heavy (non-hydrogen) atoms. The lowest BCUT2D eigenvalue weighted by molar-refractivity contribution is 0.242. The molecule has 1 N–H and O–H groups in total. The Bertz CT molecular complexity index is 679. The zero-order valence-electron chi connectivity index (χ0n) is 13.9. The van der Waals surface area contributed by atoms with E-state index in [4.69, 9.17) is 23.8 Å². The van der Waals surface area contributed by atoms with E-state index in [1.165, 1.54) is 37.0 Å². The summed E-state index contributed by atoms with van der Waals surface area (Å²) in [6.45, 7) is 2.89. The minimum absolute atomic E-state index is 0.529. The molecule has 0 radical (unpaired) electrons. The Hall–Kier alpha value is -1.10. The Morgan fingerprint density at radius 1 is 1.29 bits per heavy atom. The first-order valence-electron chi connectivity index (χ1n) is 8.49. The summed E-state index contributed by atoms with van der Waals surface area (Å²) in [5.41, 5.74) is 2.04. The monoisotopic (exact) mass is 378 g/mol. The average Bonchev–Trinajstić information content (AvgIpc) is 3.10. The molecule has 0 spiro atoms. The number of nitrogens with one attached hydrogen (secondary N) is 1. The van der Waals surface area contributed by atoms with Gasteiger partial charge in [-0.3, -0.25) is 0 Å². The highest BCUT2D eigenvalue weighted by atomic mass is 35.5. The highest BCUT2D eigenvalue weighted by Crippen LogP contribution is 2.27. The van der Waals surface area contributed by atoms with Gasteiger partial charge in [0.25, 0.3) is 0 Å². The van der Waals surface area contributed by atoms with E-state index < -0.39 is 0 Å². The lowest BCUT2D eigenvalue weighted by atomic mass is 9.94. The summed E-state index contributed by atoms with van der Waals surface area (Å²) in [6.07, 6.45) is 6.38. The van der Waals surface area contributed by atoms with Crippen LogP contribution in [-0.2, 0) is 6.54 Å². The Morgan fingerprint density at radius 3 is 2.75 bits per heavy atom. The molecule has 1 heterocycles. The van der Waals surface area contributed by atoms with Crippen LogP contribution < -0.4 is 5.32 Å². The van der Waals surface area contributed by atoms with Gasteiger partial charge in [-0.1, -0.05) is 43.0 Å². The summed E-state index contributed by atoms with van der Waals surface area (Å²) in [6, 6.07) is 10.8. The maximum Gasteiger partial charge on any atom is 0.174 e. The van der Waals surface area contributed by atoms with Crippen LogP contribution in [0.2, 0.25) is 5.02 Å². The van der Waals surface area contributed by atoms with Crippen LogP contribution >= 0.6 is 35.2 Å². The third-order valence-corrected chi connectivity index (χ3v) is 6.21. The van der Waals surface area contributed by atoms with E-state index in [1.54, 1.807) is 11.3 Å². The number of nitrogens with zero attached hydrogens (tertiary/aromatic N) is 1. The maximum absolute atomic E-state index is 6.25. The molecule has 0 aliphatic heterocycles. The van der Waals surface area contributed by atoms with Gasteiger partial charge in [0.2, 0.25) is 0 Å². The van der Waals surface area contributed by atoms with Gasteiger partial charge in [-0.05, 0) is 61.1 Å². The first-order chi connectivity index (χ1) is 11.6. The zero-order chi connectivity index (χ0) is 16.9. The first kappa shape index (κ1) is 17.7. The van der Waals surface area contributed by atoms with Gasteiger partial charge in [-0.2, -0.15) is 0 Å². The van der Waals surface area contributed by atoms with E-state index in [1.807, 2.05) is 25.1 Å². The summed E-state index contributed by atoms with van der Waals surface area (Å²) in [5, 5.41) is 7.10. The molecule has 0 saturated heterocycles. The fourth-order valence-corrected chi connectivity index (χ4v) is 4.41. The van der Waals surface area contributed by atoms with Gasteiger partial charge in [0.15, 0.2) is 5.11 Å². The second-order valence-electron chi connectivity index (χ2n) is 6.39. The molecule has 1 aliphatic rings. The molecule has 1 fully saturated rings. The topological polar surface area (TPSA) is 15.3 Å². The molecule has 1 aliphatic carbocycles. The van der Waals surface area contributed by atoms with E-state index in [2.05, 4.69) is 27.7 Å². The Labute approximate surface area is 158 Å². The SMILES string of the molecule is Cc1ccc(NC(=S)N(Cc2cccs2)C2CCCCC2)cc1Cl. The van der Waals surface area contributed by atoms with Crippen molar-refractivity contribution in [2.24, 2.45) is 0 Å². The lowest BCUT2D eigenvalue weighted by Crippen LogP contribution is -2.43. The van der Waals surface area contributed by atoms with Crippen molar-refractivity contribution in [1.82, 2.24) is 4.90 Å². The molecule has 0 bridgehead atoms. The highest BCUT2D eigenvalue weighted by molar-refractivity contribution is 7.80. The summed E-state index contributed by atoms with van der Waals surface area (Å²) >= 11 is 13.8. The van der Waals surface area contributed by atoms with Crippen LogP contribution in [0.4, 0.5) is 5.69 Å². The first-order valence-corrected chi connectivity index (χ1v) is 10.2. The van der Waals surface area contributed by atoms with Crippen LogP contribution in [0.5, 0.6) is 0 Å². The molecule has 5 heteroatoms. The van der Waals surface area contributed by atoms with Crippen molar-refractivity contribution in [3.63, 3.8) is 0 Å². The van der Waals surface area contributed by atoms with Crippen molar-refractivity contribution >= 4 is 46.0 Å². The van der Waals surface area contributed by atoms with E-state index in [9.17, 15) is 0 Å². The Kier molecular flexibility index (Phi) is 6.14. The van der Waals surface area contributed by atoms with Crippen LogP contribution in [0.25, 0.3) is 0 Å². The number of rotatable bonds is 4. The molecule has 0 amide bonds. The molecule has 1 saturated carbocycles. The van der Waals surface area contributed by atoms with Crippen molar-refractivity contribution in [2.75, 3.05) is 5.32 Å². The van der Waals surface area contributed by atoms with Crippen LogP contribution in [0, 0.1) is 6.92 Å². The van der Waals surface area contributed by atoms with Crippen molar-refractivity contribution in [1.29, 1.82) is 0 Å². The number of thiocarbonyl (C=S) groups is 1. The standard InChI is InChI=1S/C19H23ClN2S2/c1-14-9-10-15(12-18(14)20)21-19(23)22(13-17-8-5-11-24-17)16-6-3-2-4-7-16/h5,8-12,16H,2-4,6-7,13H2,1H3,(H,21,23). The number of halogens is 1. The van der Waals surface area contributed by atoms with Crippen molar-refractivity contribution in [3.8, 4) is 0 Å². The number of thiophene rings is 1. The fraction of sp³-hybridized carbons (Fsp3) is 0.421. The largest absolute Gasteiger partial charge is 0.341 e. The van der Waals surface area contributed by atoms with Crippen molar-refractivity contribution < 1.29 is 0 Å². The van der Waals surface area contributed by atoms with Gasteiger partial charge in [0, 0.05) is 21.6 Å². The molecule has 3 rings (SSSR count). The molecule has 2 aromatic rings. The van der Waals surface area contributed by atoms with Crippen LogP contribution in [-0.4, -0.2) is 16.1 Å². The minimum atomic E-state index is 0.529. The molecular formula is C19H23ClN2S2. The summed E-state index contributed by atoms with van der Waals surface area (Å²) in [7, 11) is 0. The third-order valence-electron chi connectivity index (χ3n) is 4.61. The number of hydrogen-bond donors (Lipinski definition) is 1. The normalized spacial score (nSPS) is 15.2. The van der Waals surface area contributed by atoms with Gasteiger partial charge in [-0.25, -0.2) is 0 Å². The molecule has 128 valence electrons. The lowest BCUT2D eigenvalue weighted by Gasteiger charge is -2.36. The molecule has 1 aromatic heterocycles. The number of anilines is 1. The second kappa shape index (κ2) is 8.32. The number of aryl methyl sites for hydroxylation is 1. The van der Waals surface area contributed by atoms with Gasteiger partial charge in [-0.15, -0.1) is 11.3 Å². The molecule has 1 aromatic carbocycles. The predicted molar refractivity (Wildman–Crippen MR) is 109 cm³/mol. The van der Waals surface area contributed by atoms with Crippen LogP contribution in [0.15, 0.2) is 35.7 Å². The summed E-state index contributed by atoms with van der Waals surface area (Å²) in [4.78, 5) is 3.72. The van der Waals surface area contributed by atoms with E-state index in [0.29, 0.717) is 6.04 Å². The minimum Gasteiger partial charge on any atom is -0.341 e. The van der Waals surface area contributed by atoms with Crippen molar-refractivity contribution in [2.45, 2.75) is 51.6 Å². The molecule has 0 unspecified atom stereocenters. The quantitative estimate of drug-likeness (QED) is 0.633. The maximum atomic E-state index is 6.25. The smallest absolute Gasteiger partial charge is 0.174 e. The molecule has 0 atom stereocenters. The summed E-state index contributed by atoms with van der Waals surface area (Å²) in [5.74, 6) is 0. The average molecular weight is 379 g/mol. The Balaban J connectivity index is 1.75. The fourth-order valence-electron chi connectivity index (χ4n) is 3.20. The number of benzene rings is 1. The zero-order valence-corrected chi connectivity index (χ0v) is 16.3. The third kappa shape index (κ3) is 4.50. The van der Waals surface area contributed by atoms with Gasteiger partial charge in [0.05, 0.1) is 6.54 Å². The Morgan fingerprint density at radius 2 is 2.08 bits per heavy atom. The van der Waals surface area contributed by atoms with E-state index in [0.717, 1.165) is 27.9 Å². The van der Waals surface area contributed by atoms with Gasteiger partial charge in [0.1, 0.15) is 0 Å². The van der Waals surface area contributed by atoms with Gasteiger partial charge >= 0.3 is 0 Å². The van der Waals surface area contributed by atoms with E-state index in [-0.39, 0.29) is 0 Å². The van der Waals surface area contributed by atoms with Crippen LogP contribution in [0.1, 0.15) is 42.5 Å². The molecular weight excluding hydrogens is 356 g/mol. The van der Waals surface area contributed by atoms with E-state index >= 15 is 0 Å². The second-order valence-corrected chi connectivity index (χ2v) is 8.22. The highest BCUT2D eigenvalue weighted by Gasteiger charge is 2.24. The van der Waals surface area contributed by atoms with Gasteiger partial charge < -0.3 is 10.2 Å². The van der Waals surface area contributed by atoms with Crippen LogP contribution in [0.3, 0.4) is 0 Å².